The van der Waals surface area contributed by atoms with Crippen LogP contribution in [0.1, 0.15) is 36.3 Å². The lowest BCUT2D eigenvalue weighted by molar-refractivity contribution is -0.109. The molecule has 0 spiro atoms. The van der Waals surface area contributed by atoms with Gasteiger partial charge in [0.05, 0.1) is 30.8 Å². The zero-order chi connectivity index (χ0) is 21.3. The van der Waals surface area contributed by atoms with Crippen molar-refractivity contribution in [3.8, 4) is 11.8 Å². The van der Waals surface area contributed by atoms with Crippen LogP contribution >= 0.6 is 15.9 Å². The maximum atomic E-state index is 10.7. The summed E-state index contributed by atoms with van der Waals surface area (Å²) in [6.07, 6.45) is 7.86. The molecule has 156 valence electrons. The second kappa shape index (κ2) is 10.8. The van der Waals surface area contributed by atoms with Crippen molar-refractivity contribution in [2.75, 3.05) is 13.7 Å². The van der Waals surface area contributed by atoms with E-state index in [1.807, 2.05) is 36.5 Å². The largest absolute Gasteiger partial charge is 0.494 e. The Kier molecular flexibility index (Phi) is 7.86. The van der Waals surface area contributed by atoms with Crippen LogP contribution in [-0.2, 0) is 11.2 Å². The Balaban J connectivity index is 1.74. The van der Waals surface area contributed by atoms with Gasteiger partial charge in [-0.1, -0.05) is 30.3 Å². The molecule has 0 bridgehead atoms. The number of amides is 1. The highest BCUT2D eigenvalue weighted by molar-refractivity contribution is 9.10. The number of methoxy groups -OCH3 is 1. The lowest BCUT2D eigenvalue weighted by Gasteiger charge is -2.22. The van der Waals surface area contributed by atoms with Gasteiger partial charge in [0, 0.05) is 18.1 Å². The normalized spacial score (nSPS) is 12.8. The van der Waals surface area contributed by atoms with E-state index in [9.17, 15) is 10.1 Å². The number of rotatable bonds is 11. The van der Waals surface area contributed by atoms with E-state index in [0.29, 0.717) is 13.0 Å². The number of carbonyl (C=O) groups is 1. The number of hydrogen-bond donors (Lipinski definition) is 2. The first-order chi connectivity index (χ1) is 14.7. The zero-order valence-corrected chi connectivity index (χ0v) is 18.5. The molecular formula is C23H25BrN4O2. The Hall–Kier alpha value is -2.85. The van der Waals surface area contributed by atoms with Gasteiger partial charge in [-0.2, -0.15) is 5.26 Å². The Morgan fingerprint density at radius 3 is 2.83 bits per heavy atom. The fourth-order valence-electron chi connectivity index (χ4n) is 3.98. The van der Waals surface area contributed by atoms with E-state index in [4.69, 9.17) is 4.74 Å². The van der Waals surface area contributed by atoms with Gasteiger partial charge in [-0.3, -0.25) is 4.79 Å². The first-order valence-corrected chi connectivity index (χ1v) is 10.8. The monoisotopic (exact) mass is 468 g/mol. The highest BCUT2D eigenvalue weighted by Crippen LogP contribution is 2.34. The third kappa shape index (κ3) is 5.00. The molecule has 0 saturated heterocycles. The number of carbonyl (C=O) groups excluding carboxylic acids is 1. The summed E-state index contributed by atoms with van der Waals surface area (Å²) in [6, 6.07) is 12.4. The summed E-state index contributed by atoms with van der Waals surface area (Å²) < 4.78 is 6.26. The van der Waals surface area contributed by atoms with Crippen LogP contribution in [0.25, 0.3) is 10.9 Å². The summed E-state index contributed by atoms with van der Waals surface area (Å²) in [5, 5.41) is 13.6. The number of H-pyrrole nitrogens is 1. The van der Waals surface area contributed by atoms with Gasteiger partial charge in [0.2, 0.25) is 6.41 Å². The number of ether oxygens (including phenoxy) is 1. The number of hydrogen-bond acceptors (Lipinski definition) is 4. The molecule has 3 rings (SSSR count). The van der Waals surface area contributed by atoms with Gasteiger partial charge in [0.15, 0.2) is 0 Å². The SMILES string of the molecule is COc1cnc(Br)c2[nH]cc(CCCC(CCNC=O)C(C#N)c3ccccc3)c12. The Morgan fingerprint density at radius 1 is 1.33 bits per heavy atom. The topological polar surface area (TPSA) is 90.8 Å². The van der Waals surface area contributed by atoms with E-state index in [1.165, 1.54) is 5.56 Å². The molecular weight excluding hydrogens is 444 g/mol. The standard InChI is InChI=1S/C23H25BrN4O2/c1-30-20-14-28-23(24)22-21(20)18(13-27-22)9-5-8-17(10-11-26-15-29)19(12-25)16-6-3-2-4-7-16/h2-4,6-7,13-15,17,19,27H,5,8-11H2,1H3,(H,26,29). The van der Waals surface area contributed by atoms with Gasteiger partial charge in [-0.15, -0.1) is 0 Å². The fourth-order valence-corrected chi connectivity index (χ4v) is 4.39. The first-order valence-electron chi connectivity index (χ1n) is 9.99. The van der Waals surface area contributed by atoms with E-state index in [2.05, 4.69) is 37.3 Å². The molecule has 30 heavy (non-hydrogen) atoms. The van der Waals surface area contributed by atoms with Gasteiger partial charge in [0.1, 0.15) is 10.4 Å². The molecule has 0 saturated carbocycles. The molecule has 1 amide bonds. The lowest BCUT2D eigenvalue weighted by atomic mass is 9.81. The van der Waals surface area contributed by atoms with E-state index < -0.39 is 0 Å². The molecule has 1 aromatic carbocycles. The molecule has 2 heterocycles. The van der Waals surface area contributed by atoms with Crippen molar-refractivity contribution in [1.82, 2.24) is 15.3 Å². The smallest absolute Gasteiger partial charge is 0.207 e. The molecule has 0 aliphatic carbocycles. The van der Waals surface area contributed by atoms with Crippen LogP contribution in [0.3, 0.4) is 0 Å². The maximum absolute atomic E-state index is 10.7. The molecule has 6 nitrogen and oxygen atoms in total. The predicted molar refractivity (Wildman–Crippen MR) is 120 cm³/mol. The molecule has 3 aromatic rings. The van der Waals surface area contributed by atoms with E-state index in [0.717, 1.165) is 52.5 Å². The molecule has 2 aromatic heterocycles. The van der Waals surface area contributed by atoms with Crippen LogP contribution in [0.5, 0.6) is 5.75 Å². The molecule has 0 fully saturated rings. The third-order valence-corrected chi connectivity index (χ3v) is 6.06. The number of aryl methyl sites for hydroxylation is 1. The molecule has 0 aliphatic rings. The van der Waals surface area contributed by atoms with Crippen molar-refractivity contribution in [1.29, 1.82) is 5.26 Å². The lowest BCUT2D eigenvalue weighted by Crippen LogP contribution is -2.20. The minimum Gasteiger partial charge on any atom is -0.494 e. The average Bonchev–Trinajstić information content (AvgIpc) is 3.20. The van der Waals surface area contributed by atoms with Gasteiger partial charge >= 0.3 is 0 Å². The maximum Gasteiger partial charge on any atom is 0.207 e. The number of fused-ring (bicyclic) bond motifs is 1. The van der Waals surface area contributed by atoms with Crippen LogP contribution in [0.2, 0.25) is 0 Å². The second-order valence-corrected chi connectivity index (χ2v) is 7.96. The molecule has 0 radical (unpaired) electrons. The van der Waals surface area contributed by atoms with E-state index >= 15 is 0 Å². The predicted octanol–water partition coefficient (Wildman–Crippen LogP) is 4.72. The summed E-state index contributed by atoms with van der Waals surface area (Å²) >= 11 is 3.49. The molecule has 0 aliphatic heterocycles. The summed E-state index contributed by atoms with van der Waals surface area (Å²) in [4.78, 5) is 18.3. The van der Waals surface area contributed by atoms with Crippen LogP contribution in [0, 0.1) is 17.2 Å². The average molecular weight is 469 g/mol. The molecule has 7 heteroatoms. The minimum atomic E-state index is -0.199. The van der Waals surface area contributed by atoms with Crippen molar-refractivity contribution < 1.29 is 9.53 Å². The third-order valence-electron chi connectivity index (χ3n) is 5.46. The van der Waals surface area contributed by atoms with Crippen molar-refractivity contribution in [2.24, 2.45) is 5.92 Å². The van der Waals surface area contributed by atoms with Gasteiger partial charge in [-0.25, -0.2) is 4.98 Å². The Labute approximate surface area is 184 Å². The highest BCUT2D eigenvalue weighted by Gasteiger charge is 2.23. The number of nitriles is 1. The van der Waals surface area contributed by atoms with Gasteiger partial charge in [-0.05, 0) is 58.7 Å². The van der Waals surface area contributed by atoms with Crippen LogP contribution in [0.15, 0.2) is 47.3 Å². The number of aromatic nitrogens is 2. The quantitative estimate of drug-likeness (QED) is 0.242. The fraction of sp³-hybridized carbons (Fsp3) is 0.348. The number of nitrogens with zero attached hydrogens (tertiary/aromatic N) is 2. The molecule has 2 N–H and O–H groups in total. The van der Waals surface area contributed by atoms with Crippen LogP contribution < -0.4 is 10.1 Å². The van der Waals surface area contributed by atoms with Gasteiger partial charge in [0.25, 0.3) is 0 Å². The summed E-state index contributed by atoms with van der Waals surface area (Å²) in [7, 11) is 1.65. The number of pyridine rings is 1. The number of nitrogens with one attached hydrogen (secondary N) is 2. The highest BCUT2D eigenvalue weighted by atomic mass is 79.9. The minimum absolute atomic E-state index is 0.158. The van der Waals surface area contributed by atoms with E-state index in [1.54, 1.807) is 13.3 Å². The summed E-state index contributed by atoms with van der Waals surface area (Å²) in [5.74, 6) is 0.705. The first kappa shape index (κ1) is 21.8. The van der Waals surface area contributed by atoms with Crippen molar-refractivity contribution in [3.05, 3.63) is 58.5 Å². The Bertz CT molecular complexity index is 1010. The Morgan fingerprint density at radius 2 is 2.13 bits per heavy atom. The zero-order valence-electron chi connectivity index (χ0n) is 16.9. The van der Waals surface area contributed by atoms with Gasteiger partial charge < -0.3 is 15.0 Å². The second-order valence-electron chi connectivity index (χ2n) is 7.21. The number of benzene rings is 1. The summed E-state index contributed by atoms with van der Waals surface area (Å²) in [5.41, 5.74) is 3.12. The van der Waals surface area contributed by atoms with Crippen molar-refractivity contribution >= 4 is 33.2 Å². The summed E-state index contributed by atoms with van der Waals surface area (Å²) in [6.45, 7) is 0.568. The van der Waals surface area contributed by atoms with Crippen molar-refractivity contribution in [2.45, 2.75) is 31.6 Å². The van der Waals surface area contributed by atoms with Crippen LogP contribution in [-0.4, -0.2) is 30.0 Å². The molecule has 2 unspecified atom stereocenters. The van der Waals surface area contributed by atoms with Crippen molar-refractivity contribution in [3.63, 3.8) is 0 Å². The number of halogens is 1. The number of aromatic amines is 1. The van der Waals surface area contributed by atoms with Crippen LogP contribution in [0.4, 0.5) is 0 Å². The molecule has 2 atom stereocenters. The van der Waals surface area contributed by atoms with E-state index in [-0.39, 0.29) is 11.8 Å².